The Bertz CT molecular complexity index is 419. The molecule has 0 aromatic heterocycles. The first kappa shape index (κ1) is 14.5. The summed E-state index contributed by atoms with van der Waals surface area (Å²) in [6.07, 6.45) is 4.91. The fraction of sp³-hybridized carbons (Fsp3) is 0.625. The van der Waals surface area contributed by atoms with Crippen LogP contribution in [0.4, 0.5) is 4.39 Å². The van der Waals surface area contributed by atoms with Gasteiger partial charge in [0.1, 0.15) is 5.82 Å². The number of halogens is 1. The zero-order chi connectivity index (χ0) is 13.8. The van der Waals surface area contributed by atoms with Gasteiger partial charge in [0.2, 0.25) is 0 Å². The molecule has 0 radical (unpaired) electrons. The summed E-state index contributed by atoms with van der Waals surface area (Å²) in [5.74, 6) is -0.127. The Morgan fingerprint density at radius 1 is 1.37 bits per heavy atom. The van der Waals surface area contributed by atoms with Crippen molar-refractivity contribution in [3.8, 4) is 0 Å². The standard InChI is InChI=1S/C16H25FN2/c1-12-7-8-15(17)14(10-12)16(11-18)19-9-5-3-4-6-13(19)2/h7-8,10,13,16H,3-6,9,11,18H2,1-2H3. The molecule has 1 heterocycles. The molecule has 2 atom stereocenters. The molecule has 0 bridgehead atoms. The van der Waals surface area contributed by atoms with E-state index in [9.17, 15) is 4.39 Å². The van der Waals surface area contributed by atoms with Gasteiger partial charge in [0.05, 0.1) is 6.04 Å². The van der Waals surface area contributed by atoms with Gasteiger partial charge in [-0.3, -0.25) is 4.90 Å². The van der Waals surface area contributed by atoms with Gasteiger partial charge in [0.25, 0.3) is 0 Å². The molecule has 19 heavy (non-hydrogen) atoms. The number of benzene rings is 1. The predicted octanol–water partition coefficient (Wildman–Crippen LogP) is 3.40. The first-order chi connectivity index (χ1) is 9.13. The van der Waals surface area contributed by atoms with E-state index in [4.69, 9.17) is 5.73 Å². The third kappa shape index (κ3) is 3.34. The highest BCUT2D eigenvalue weighted by Gasteiger charge is 2.27. The molecule has 106 valence electrons. The monoisotopic (exact) mass is 264 g/mol. The van der Waals surface area contributed by atoms with E-state index in [0.717, 1.165) is 17.7 Å². The van der Waals surface area contributed by atoms with E-state index < -0.39 is 0 Å². The minimum absolute atomic E-state index is 0.00741. The van der Waals surface area contributed by atoms with Crippen molar-refractivity contribution < 1.29 is 4.39 Å². The maximum Gasteiger partial charge on any atom is 0.128 e. The zero-order valence-electron chi connectivity index (χ0n) is 12.0. The molecule has 0 spiro atoms. The van der Waals surface area contributed by atoms with Gasteiger partial charge in [-0.2, -0.15) is 0 Å². The summed E-state index contributed by atoms with van der Waals surface area (Å²) in [6, 6.07) is 5.82. The van der Waals surface area contributed by atoms with E-state index >= 15 is 0 Å². The second kappa shape index (κ2) is 6.49. The Labute approximate surface area is 115 Å². The summed E-state index contributed by atoms with van der Waals surface area (Å²) in [4.78, 5) is 2.39. The van der Waals surface area contributed by atoms with E-state index in [1.165, 1.54) is 25.7 Å². The van der Waals surface area contributed by atoms with Gasteiger partial charge >= 0.3 is 0 Å². The smallest absolute Gasteiger partial charge is 0.128 e. The second-order valence-electron chi connectivity index (χ2n) is 5.71. The van der Waals surface area contributed by atoms with Crippen molar-refractivity contribution >= 4 is 0 Å². The maximum absolute atomic E-state index is 14.1. The van der Waals surface area contributed by atoms with Gasteiger partial charge in [-0.15, -0.1) is 0 Å². The lowest BCUT2D eigenvalue weighted by atomic mass is 10.00. The van der Waals surface area contributed by atoms with Crippen molar-refractivity contribution in [2.45, 2.75) is 51.6 Å². The molecule has 3 heteroatoms. The molecule has 1 aliphatic rings. The second-order valence-corrected chi connectivity index (χ2v) is 5.71. The lowest BCUT2D eigenvalue weighted by Crippen LogP contribution is -2.40. The van der Waals surface area contributed by atoms with Crippen molar-refractivity contribution in [3.63, 3.8) is 0 Å². The van der Waals surface area contributed by atoms with Crippen LogP contribution in [0, 0.1) is 12.7 Å². The molecular formula is C16H25FN2. The summed E-state index contributed by atoms with van der Waals surface area (Å²) < 4.78 is 14.1. The number of rotatable bonds is 3. The largest absolute Gasteiger partial charge is 0.329 e. The van der Waals surface area contributed by atoms with Crippen molar-refractivity contribution in [1.29, 1.82) is 0 Å². The molecule has 0 amide bonds. The fourth-order valence-electron chi connectivity index (χ4n) is 3.12. The lowest BCUT2D eigenvalue weighted by Gasteiger charge is -2.35. The molecule has 2 nitrogen and oxygen atoms in total. The molecular weight excluding hydrogens is 239 g/mol. The Kier molecular flexibility index (Phi) is 4.94. The average molecular weight is 264 g/mol. The lowest BCUT2D eigenvalue weighted by molar-refractivity contribution is 0.148. The van der Waals surface area contributed by atoms with Crippen LogP contribution in [0.5, 0.6) is 0 Å². The number of hydrogen-bond acceptors (Lipinski definition) is 2. The molecule has 0 saturated carbocycles. The van der Waals surface area contributed by atoms with Crippen molar-refractivity contribution in [2.75, 3.05) is 13.1 Å². The van der Waals surface area contributed by atoms with Crippen LogP contribution in [0.15, 0.2) is 18.2 Å². The van der Waals surface area contributed by atoms with Crippen LogP contribution < -0.4 is 5.73 Å². The van der Waals surface area contributed by atoms with E-state index in [0.29, 0.717) is 12.6 Å². The van der Waals surface area contributed by atoms with Gasteiger partial charge in [-0.25, -0.2) is 4.39 Å². The van der Waals surface area contributed by atoms with Gasteiger partial charge in [0.15, 0.2) is 0 Å². The first-order valence-electron chi connectivity index (χ1n) is 7.35. The van der Waals surface area contributed by atoms with Crippen LogP contribution >= 0.6 is 0 Å². The molecule has 1 aliphatic heterocycles. The Balaban J connectivity index is 2.29. The summed E-state index contributed by atoms with van der Waals surface area (Å²) in [5.41, 5.74) is 7.81. The van der Waals surface area contributed by atoms with Crippen molar-refractivity contribution in [3.05, 3.63) is 35.1 Å². The summed E-state index contributed by atoms with van der Waals surface area (Å²) >= 11 is 0. The number of aryl methyl sites for hydroxylation is 1. The highest BCUT2D eigenvalue weighted by atomic mass is 19.1. The minimum atomic E-state index is -0.127. The zero-order valence-corrected chi connectivity index (χ0v) is 12.0. The average Bonchev–Trinajstić information content (AvgIpc) is 2.60. The first-order valence-corrected chi connectivity index (χ1v) is 7.35. The molecule has 1 saturated heterocycles. The van der Waals surface area contributed by atoms with E-state index in [1.54, 1.807) is 6.07 Å². The highest BCUT2D eigenvalue weighted by Crippen LogP contribution is 2.29. The van der Waals surface area contributed by atoms with Gasteiger partial charge < -0.3 is 5.73 Å². The quantitative estimate of drug-likeness (QED) is 0.906. The van der Waals surface area contributed by atoms with Crippen LogP contribution in [0.25, 0.3) is 0 Å². The number of likely N-dealkylation sites (tertiary alicyclic amines) is 1. The number of nitrogens with zero attached hydrogens (tertiary/aromatic N) is 1. The number of nitrogens with two attached hydrogens (primary N) is 1. The van der Waals surface area contributed by atoms with Gasteiger partial charge in [0, 0.05) is 18.2 Å². The van der Waals surface area contributed by atoms with Crippen LogP contribution in [0.3, 0.4) is 0 Å². The molecule has 2 N–H and O–H groups in total. The van der Waals surface area contributed by atoms with Crippen LogP contribution in [0.2, 0.25) is 0 Å². The van der Waals surface area contributed by atoms with Crippen LogP contribution in [-0.4, -0.2) is 24.0 Å². The fourth-order valence-corrected chi connectivity index (χ4v) is 3.12. The normalized spacial score (nSPS) is 23.1. The Hall–Kier alpha value is -0.930. The van der Waals surface area contributed by atoms with Gasteiger partial charge in [-0.1, -0.05) is 30.5 Å². The molecule has 1 aromatic rings. The van der Waals surface area contributed by atoms with E-state index in [1.807, 2.05) is 19.1 Å². The van der Waals surface area contributed by atoms with Gasteiger partial charge in [-0.05, 0) is 39.3 Å². The molecule has 2 unspecified atom stereocenters. The van der Waals surface area contributed by atoms with Crippen LogP contribution in [0.1, 0.15) is 49.8 Å². The molecule has 1 fully saturated rings. The van der Waals surface area contributed by atoms with Crippen molar-refractivity contribution in [2.24, 2.45) is 5.73 Å². The summed E-state index contributed by atoms with van der Waals surface area (Å²) in [6.45, 7) is 5.74. The minimum Gasteiger partial charge on any atom is -0.329 e. The summed E-state index contributed by atoms with van der Waals surface area (Å²) in [5, 5.41) is 0. The SMILES string of the molecule is Cc1ccc(F)c(C(CN)N2CCCCCC2C)c1. The number of hydrogen-bond donors (Lipinski definition) is 1. The predicted molar refractivity (Wildman–Crippen MR) is 77.6 cm³/mol. The third-order valence-corrected chi connectivity index (χ3v) is 4.24. The third-order valence-electron chi connectivity index (χ3n) is 4.24. The molecule has 2 rings (SSSR count). The Morgan fingerprint density at radius 2 is 2.16 bits per heavy atom. The molecule has 0 aliphatic carbocycles. The highest BCUT2D eigenvalue weighted by molar-refractivity contribution is 5.27. The summed E-state index contributed by atoms with van der Waals surface area (Å²) in [7, 11) is 0. The van der Waals surface area contributed by atoms with Crippen LogP contribution in [-0.2, 0) is 0 Å². The topological polar surface area (TPSA) is 29.3 Å². The van der Waals surface area contributed by atoms with E-state index in [2.05, 4.69) is 11.8 Å². The molecule has 1 aromatic carbocycles. The maximum atomic E-state index is 14.1. The Morgan fingerprint density at radius 3 is 2.89 bits per heavy atom. The van der Waals surface area contributed by atoms with Crippen molar-refractivity contribution in [1.82, 2.24) is 4.90 Å². The van der Waals surface area contributed by atoms with E-state index in [-0.39, 0.29) is 11.9 Å².